The lowest BCUT2D eigenvalue weighted by Gasteiger charge is -2.10. The van der Waals surface area contributed by atoms with Crippen molar-refractivity contribution < 1.29 is 17.9 Å². The maximum absolute atomic E-state index is 13.0. The molecule has 8 nitrogen and oxygen atoms in total. The van der Waals surface area contributed by atoms with E-state index in [-0.39, 0.29) is 9.79 Å². The lowest BCUT2D eigenvalue weighted by Crippen LogP contribution is -2.06. The van der Waals surface area contributed by atoms with Crippen LogP contribution >= 0.6 is 0 Å². The first-order valence-corrected chi connectivity index (χ1v) is 11.4. The van der Waals surface area contributed by atoms with E-state index in [4.69, 9.17) is 21.2 Å². The molecule has 0 aliphatic carbocycles. The van der Waals surface area contributed by atoms with E-state index in [2.05, 4.69) is 10.9 Å². The summed E-state index contributed by atoms with van der Waals surface area (Å²) in [6, 6.07) is 26.6. The van der Waals surface area contributed by atoms with Gasteiger partial charge in [0.05, 0.1) is 21.2 Å². The topological polar surface area (TPSA) is 129 Å². The maximum Gasteiger partial charge on any atom is 0.206 e. The van der Waals surface area contributed by atoms with Crippen LogP contribution in [0.25, 0.3) is 0 Å². The summed E-state index contributed by atoms with van der Waals surface area (Å²) in [5.74, 6) is 13.0. The first-order chi connectivity index (χ1) is 16.0. The SMILES string of the molecule is NNc1cccc(Oc2ccc(S(=O)(=O)c3ccc(Oc4cccc(NN)c4)cc3)cc2)c1. The third-order valence-electron chi connectivity index (χ3n) is 4.74. The van der Waals surface area contributed by atoms with E-state index >= 15 is 0 Å². The summed E-state index contributed by atoms with van der Waals surface area (Å²) in [6.45, 7) is 0. The molecule has 4 aromatic carbocycles. The molecule has 0 aliphatic heterocycles. The molecule has 0 heterocycles. The molecule has 0 spiro atoms. The zero-order valence-electron chi connectivity index (χ0n) is 17.4. The Morgan fingerprint density at radius 1 is 0.545 bits per heavy atom. The Balaban J connectivity index is 1.48. The quantitative estimate of drug-likeness (QED) is 0.220. The molecule has 0 bridgehead atoms. The van der Waals surface area contributed by atoms with Crippen LogP contribution in [0.1, 0.15) is 0 Å². The number of hydrogen-bond donors (Lipinski definition) is 4. The second-order valence-corrected chi connectivity index (χ2v) is 8.94. The van der Waals surface area contributed by atoms with Crippen molar-refractivity contribution in [1.82, 2.24) is 0 Å². The molecule has 0 fully saturated rings. The first-order valence-electron chi connectivity index (χ1n) is 9.92. The van der Waals surface area contributed by atoms with Crippen molar-refractivity contribution in [2.45, 2.75) is 9.79 Å². The average Bonchev–Trinajstić information content (AvgIpc) is 2.85. The number of sulfone groups is 1. The van der Waals surface area contributed by atoms with Gasteiger partial charge >= 0.3 is 0 Å². The van der Waals surface area contributed by atoms with Crippen LogP contribution in [-0.2, 0) is 9.84 Å². The third kappa shape index (κ3) is 5.24. The largest absolute Gasteiger partial charge is 0.457 e. The summed E-state index contributed by atoms with van der Waals surface area (Å²) in [5, 5.41) is 0. The number of ether oxygens (including phenoxy) is 2. The van der Waals surface area contributed by atoms with Gasteiger partial charge < -0.3 is 20.3 Å². The second kappa shape index (κ2) is 9.61. The van der Waals surface area contributed by atoms with Gasteiger partial charge in [0.25, 0.3) is 0 Å². The molecule has 0 unspecified atom stereocenters. The van der Waals surface area contributed by atoms with Gasteiger partial charge in [-0.25, -0.2) is 8.42 Å². The molecule has 0 atom stereocenters. The lowest BCUT2D eigenvalue weighted by molar-refractivity contribution is 0.482. The van der Waals surface area contributed by atoms with Crippen molar-refractivity contribution >= 4 is 21.2 Å². The van der Waals surface area contributed by atoms with Crippen molar-refractivity contribution in [3.8, 4) is 23.0 Å². The summed E-state index contributed by atoms with van der Waals surface area (Å²) in [4.78, 5) is 0.310. The van der Waals surface area contributed by atoms with Crippen LogP contribution in [0.5, 0.6) is 23.0 Å². The molecule has 0 saturated heterocycles. The van der Waals surface area contributed by atoms with Crippen molar-refractivity contribution in [1.29, 1.82) is 0 Å². The minimum atomic E-state index is -3.70. The van der Waals surface area contributed by atoms with E-state index < -0.39 is 9.84 Å². The minimum Gasteiger partial charge on any atom is -0.457 e. The molecule has 0 saturated carbocycles. The number of nitrogen functional groups attached to an aromatic ring is 2. The summed E-state index contributed by atoms with van der Waals surface area (Å²) in [7, 11) is -3.70. The summed E-state index contributed by atoms with van der Waals surface area (Å²) < 4.78 is 37.6. The number of nitrogens with two attached hydrogens (primary N) is 2. The van der Waals surface area contributed by atoms with E-state index in [0.717, 1.165) is 0 Å². The Morgan fingerprint density at radius 3 is 1.30 bits per heavy atom. The molecule has 4 rings (SSSR count). The van der Waals surface area contributed by atoms with Crippen molar-refractivity contribution in [2.24, 2.45) is 11.7 Å². The highest BCUT2D eigenvalue weighted by molar-refractivity contribution is 7.91. The van der Waals surface area contributed by atoms with Crippen LogP contribution in [0.3, 0.4) is 0 Å². The van der Waals surface area contributed by atoms with Gasteiger partial charge in [0, 0.05) is 12.1 Å². The Kier molecular flexibility index (Phi) is 6.45. The fraction of sp³-hybridized carbons (Fsp3) is 0. The van der Waals surface area contributed by atoms with Gasteiger partial charge in [-0.15, -0.1) is 0 Å². The van der Waals surface area contributed by atoms with Gasteiger partial charge in [-0.1, -0.05) is 12.1 Å². The zero-order chi connectivity index (χ0) is 23.3. The Labute approximate surface area is 191 Å². The van der Waals surface area contributed by atoms with Crippen LogP contribution in [0.2, 0.25) is 0 Å². The molecule has 9 heteroatoms. The normalized spacial score (nSPS) is 11.0. The molecule has 0 amide bonds. The number of nitrogens with one attached hydrogen (secondary N) is 2. The number of benzene rings is 4. The standard InChI is InChI=1S/C24H22N4O4S/c25-27-17-3-1-5-21(15-17)31-19-7-11-23(12-8-19)33(29,30)24-13-9-20(10-14-24)32-22-6-2-4-18(16-22)28-26/h1-16,27-28H,25-26H2. The average molecular weight is 463 g/mol. The molecular formula is C24H22N4O4S. The second-order valence-electron chi connectivity index (χ2n) is 6.99. The van der Waals surface area contributed by atoms with Gasteiger partial charge in [-0.3, -0.25) is 11.7 Å². The van der Waals surface area contributed by atoms with Gasteiger partial charge in [-0.05, 0) is 72.8 Å². The van der Waals surface area contributed by atoms with E-state index in [0.29, 0.717) is 34.4 Å². The van der Waals surface area contributed by atoms with E-state index in [1.165, 1.54) is 24.3 Å². The molecule has 33 heavy (non-hydrogen) atoms. The molecule has 0 aliphatic rings. The highest BCUT2D eigenvalue weighted by atomic mass is 32.2. The molecule has 0 radical (unpaired) electrons. The number of rotatable bonds is 8. The molecule has 168 valence electrons. The first kappa shape index (κ1) is 22.2. The lowest BCUT2D eigenvalue weighted by atomic mass is 10.3. The third-order valence-corrected chi connectivity index (χ3v) is 6.53. The number of anilines is 2. The molecule has 4 aromatic rings. The highest BCUT2D eigenvalue weighted by Crippen LogP contribution is 2.29. The summed E-state index contributed by atoms with van der Waals surface area (Å²) >= 11 is 0. The van der Waals surface area contributed by atoms with E-state index in [1.807, 2.05) is 0 Å². The van der Waals surface area contributed by atoms with Gasteiger partial charge in [-0.2, -0.15) is 0 Å². The Bertz CT molecular complexity index is 1240. The van der Waals surface area contributed by atoms with Crippen LogP contribution in [0, 0.1) is 0 Å². The maximum atomic E-state index is 13.0. The van der Waals surface area contributed by atoms with Crippen LogP contribution < -0.4 is 32.0 Å². The summed E-state index contributed by atoms with van der Waals surface area (Å²) in [5.41, 5.74) is 6.49. The van der Waals surface area contributed by atoms with Crippen molar-refractivity contribution in [2.75, 3.05) is 10.9 Å². The molecule has 6 N–H and O–H groups in total. The highest BCUT2D eigenvalue weighted by Gasteiger charge is 2.18. The fourth-order valence-corrected chi connectivity index (χ4v) is 4.34. The number of hydrogen-bond acceptors (Lipinski definition) is 8. The van der Waals surface area contributed by atoms with E-state index in [1.54, 1.807) is 72.8 Å². The predicted molar refractivity (Wildman–Crippen MR) is 127 cm³/mol. The van der Waals surface area contributed by atoms with Crippen LogP contribution in [-0.4, -0.2) is 8.42 Å². The van der Waals surface area contributed by atoms with Crippen molar-refractivity contribution in [3.63, 3.8) is 0 Å². The predicted octanol–water partition coefficient (Wildman–Crippen LogP) is 4.68. The fourth-order valence-electron chi connectivity index (χ4n) is 3.08. The van der Waals surface area contributed by atoms with Crippen molar-refractivity contribution in [3.05, 3.63) is 97.1 Å². The Hall–Kier alpha value is -4.05. The zero-order valence-corrected chi connectivity index (χ0v) is 18.3. The molecular weight excluding hydrogens is 440 g/mol. The smallest absolute Gasteiger partial charge is 0.206 e. The Morgan fingerprint density at radius 2 is 0.939 bits per heavy atom. The summed E-state index contributed by atoms with van der Waals surface area (Å²) in [6.07, 6.45) is 0. The van der Waals surface area contributed by atoms with Gasteiger partial charge in [0.15, 0.2) is 0 Å². The number of hydrazine groups is 2. The van der Waals surface area contributed by atoms with Gasteiger partial charge in [0.1, 0.15) is 23.0 Å². The minimum absolute atomic E-state index is 0.155. The molecule has 0 aromatic heterocycles. The van der Waals surface area contributed by atoms with Gasteiger partial charge in [0.2, 0.25) is 9.84 Å². The van der Waals surface area contributed by atoms with Crippen LogP contribution in [0.4, 0.5) is 11.4 Å². The van der Waals surface area contributed by atoms with Crippen LogP contribution in [0.15, 0.2) is 107 Å². The van der Waals surface area contributed by atoms with E-state index in [9.17, 15) is 8.42 Å². The monoisotopic (exact) mass is 462 g/mol.